The summed E-state index contributed by atoms with van der Waals surface area (Å²) in [5, 5.41) is 7.30. The number of rotatable bonds is 2. The molecule has 0 N–H and O–H groups in total. The molecule has 4 heteroatoms. The Kier molecular flexibility index (Phi) is 2.76. The zero-order chi connectivity index (χ0) is 12.5. The molecule has 0 aliphatic rings. The van der Waals surface area contributed by atoms with Crippen LogP contribution in [0.25, 0.3) is 21.8 Å². The van der Waals surface area contributed by atoms with Crippen LogP contribution in [-0.4, -0.2) is 11.7 Å². The maximum atomic E-state index is 6.08. The van der Waals surface area contributed by atoms with Gasteiger partial charge in [-0.05, 0) is 25.1 Å². The van der Waals surface area contributed by atoms with Crippen molar-refractivity contribution in [2.24, 2.45) is 0 Å². The molecule has 0 bridgehead atoms. The van der Waals surface area contributed by atoms with Crippen molar-refractivity contribution in [3.63, 3.8) is 0 Å². The van der Waals surface area contributed by atoms with Gasteiger partial charge < -0.3 is 0 Å². The number of benzene rings is 2. The van der Waals surface area contributed by atoms with Crippen molar-refractivity contribution >= 4 is 33.4 Å². The first-order chi connectivity index (χ1) is 8.79. The second kappa shape index (κ2) is 4.42. The molecule has 0 radical (unpaired) electrons. The Morgan fingerprint density at radius 2 is 2.00 bits per heavy atom. The first-order valence-corrected chi connectivity index (χ1v) is 6.21. The molecule has 0 saturated heterocycles. The molecule has 0 aliphatic carbocycles. The summed E-state index contributed by atoms with van der Waals surface area (Å²) in [5.41, 5.74) is 1.81. The van der Waals surface area contributed by atoms with Gasteiger partial charge in [0.15, 0.2) is 6.61 Å². The molecular weight excluding hydrogens is 248 g/mol. The molecule has 1 aromatic heterocycles. The van der Waals surface area contributed by atoms with Crippen molar-refractivity contribution < 1.29 is 9.68 Å². The first-order valence-electron chi connectivity index (χ1n) is 5.83. The number of hydrogen-bond acceptors (Lipinski definition) is 2. The Hall–Kier alpha value is -1.87. The highest BCUT2D eigenvalue weighted by atomic mass is 35.5. The third-order valence-corrected chi connectivity index (χ3v) is 3.04. The fourth-order valence-corrected chi connectivity index (χ4v) is 2.22. The molecule has 90 valence electrons. The number of hydrogen-bond donors (Lipinski definition) is 0. The van der Waals surface area contributed by atoms with Gasteiger partial charge >= 0.3 is 0 Å². The maximum Gasteiger partial charge on any atom is 0.297 e. The average molecular weight is 260 g/mol. The van der Waals surface area contributed by atoms with Gasteiger partial charge in [-0.3, -0.25) is 0 Å². The molecule has 3 nitrogen and oxygen atoms in total. The quantitative estimate of drug-likeness (QED) is 0.522. The molecule has 18 heavy (non-hydrogen) atoms. The van der Waals surface area contributed by atoms with Crippen LogP contribution in [0.1, 0.15) is 6.92 Å². The number of nitrogens with zero attached hydrogens (tertiary/aromatic N) is 2. The Bertz CT molecular complexity index is 727. The Balaban J connectivity index is 2.46. The van der Waals surface area contributed by atoms with E-state index >= 15 is 0 Å². The average Bonchev–Trinajstić information content (AvgIpc) is 2.39. The van der Waals surface area contributed by atoms with E-state index in [4.69, 9.17) is 16.4 Å². The van der Waals surface area contributed by atoms with Crippen molar-refractivity contribution in [1.29, 1.82) is 0 Å². The zero-order valence-electron chi connectivity index (χ0n) is 9.93. The van der Waals surface area contributed by atoms with Gasteiger partial charge in [0.05, 0.1) is 10.5 Å². The fraction of sp³-hybridized carbons (Fsp3) is 0.143. The third kappa shape index (κ3) is 1.77. The summed E-state index contributed by atoms with van der Waals surface area (Å²) in [6.45, 7) is 2.50. The van der Waals surface area contributed by atoms with Crippen LogP contribution in [0.5, 0.6) is 0 Å². The Morgan fingerprint density at radius 1 is 1.17 bits per heavy atom. The van der Waals surface area contributed by atoms with Crippen LogP contribution in [0.4, 0.5) is 0 Å². The van der Waals surface area contributed by atoms with E-state index in [1.807, 2.05) is 49.4 Å². The summed E-state index contributed by atoms with van der Waals surface area (Å²) in [6.07, 6.45) is 0. The highest BCUT2D eigenvalue weighted by Gasteiger charge is 2.16. The van der Waals surface area contributed by atoms with Gasteiger partial charge in [-0.2, -0.15) is 0 Å². The van der Waals surface area contributed by atoms with E-state index in [1.54, 1.807) is 4.85 Å². The van der Waals surface area contributed by atoms with E-state index < -0.39 is 0 Å². The molecule has 0 fully saturated rings. The van der Waals surface area contributed by atoms with Crippen LogP contribution in [0.15, 0.2) is 42.5 Å². The van der Waals surface area contributed by atoms with Crippen LogP contribution in [-0.2, 0) is 0 Å². The second-order valence-electron chi connectivity index (χ2n) is 3.97. The minimum Gasteiger partial charge on any atom is -0.245 e. The van der Waals surface area contributed by atoms with Crippen molar-refractivity contribution in [3.8, 4) is 0 Å². The molecule has 0 unspecified atom stereocenters. The normalized spacial score (nSPS) is 11.0. The summed E-state index contributed by atoms with van der Waals surface area (Å²) in [6, 6.07) is 13.7. The van der Waals surface area contributed by atoms with Gasteiger partial charge in [0.1, 0.15) is 10.4 Å². The summed E-state index contributed by atoms with van der Waals surface area (Å²) in [4.78, 5) is 7.09. The van der Waals surface area contributed by atoms with E-state index in [1.165, 1.54) is 0 Å². The molecule has 3 aromatic rings. The lowest BCUT2D eigenvalue weighted by Gasteiger charge is -2.01. The van der Waals surface area contributed by atoms with Crippen LogP contribution in [0, 0.1) is 0 Å². The number of halogens is 1. The van der Waals surface area contributed by atoms with Gasteiger partial charge in [0.25, 0.3) is 5.52 Å². The largest absolute Gasteiger partial charge is 0.297 e. The van der Waals surface area contributed by atoms with Crippen molar-refractivity contribution in [3.05, 3.63) is 47.5 Å². The molecule has 2 aromatic carbocycles. The van der Waals surface area contributed by atoms with Crippen LogP contribution >= 0.6 is 11.6 Å². The summed E-state index contributed by atoms with van der Waals surface area (Å²) in [7, 11) is 0. The lowest BCUT2D eigenvalue weighted by Crippen LogP contribution is -2.46. The van der Waals surface area contributed by atoms with Gasteiger partial charge in [-0.15, -0.1) is 0 Å². The lowest BCUT2D eigenvalue weighted by atomic mass is 10.1. The summed E-state index contributed by atoms with van der Waals surface area (Å²) < 4.78 is 0. The minimum atomic E-state index is 0.563. The van der Waals surface area contributed by atoms with Crippen LogP contribution in [0.3, 0.4) is 0 Å². The number of aromatic nitrogens is 2. The predicted molar refractivity (Wildman–Crippen MR) is 71.6 cm³/mol. The molecule has 3 rings (SSSR count). The molecule has 0 aliphatic heterocycles. The van der Waals surface area contributed by atoms with E-state index in [2.05, 4.69) is 5.10 Å². The molecule has 0 spiro atoms. The van der Waals surface area contributed by atoms with Crippen LogP contribution < -0.4 is 9.68 Å². The van der Waals surface area contributed by atoms with Crippen molar-refractivity contribution in [1.82, 2.24) is 5.10 Å². The van der Waals surface area contributed by atoms with Gasteiger partial charge in [-0.1, -0.05) is 29.8 Å². The van der Waals surface area contributed by atoms with E-state index in [0.29, 0.717) is 11.6 Å². The van der Waals surface area contributed by atoms with E-state index in [9.17, 15) is 0 Å². The first kappa shape index (κ1) is 11.2. The fourth-order valence-electron chi connectivity index (χ4n) is 2.05. The van der Waals surface area contributed by atoms with E-state index in [-0.39, 0.29) is 0 Å². The summed E-state index contributed by atoms with van der Waals surface area (Å²) in [5.74, 6) is 0. The Labute approximate surface area is 110 Å². The Morgan fingerprint density at radius 3 is 2.83 bits per heavy atom. The smallest absolute Gasteiger partial charge is 0.245 e. The number of fused-ring (bicyclic) bond motifs is 3. The zero-order valence-corrected chi connectivity index (χ0v) is 10.7. The van der Waals surface area contributed by atoms with Crippen molar-refractivity contribution in [2.75, 3.05) is 6.61 Å². The minimum absolute atomic E-state index is 0.563. The SMILES string of the molecule is CCO[n+]1nc2ccccc2c2cc(Cl)ccc21. The monoisotopic (exact) mass is 259 g/mol. The topological polar surface area (TPSA) is 26.0 Å². The standard InChI is InChI=1S/C14H12ClN2O/c1-2-18-17-14-8-7-10(15)9-12(14)11-5-3-4-6-13(11)16-17/h3-9H,2H2,1H3/q+1. The molecule has 0 atom stereocenters. The van der Waals surface area contributed by atoms with Crippen molar-refractivity contribution in [2.45, 2.75) is 6.92 Å². The summed E-state index contributed by atoms with van der Waals surface area (Å²) >= 11 is 6.08. The highest BCUT2D eigenvalue weighted by molar-refractivity contribution is 6.31. The molecule has 0 saturated carbocycles. The van der Waals surface area contributed by atoms with E-state index in [0.717, 1.165) is 21.8 Å². The van der Waals surface area contributed by atoms with Gasteiger partial charge in [0, 0.05) is 16.5 Å². The van der Waals surface area contributed by atoms with Gasteiger partial charge in [0.2, 0.25) is 0 Å². The maximum absolute atomic E-state index is 6.08. The molecule has 0 amide bonds. The highest BCUT2D eigenvalue weighted by Crippen LogP contribution is 2.23. The predicted octanol–water partition coefficient (Wildman–Crippen LogP) is 2.78. The molecular formula is C14H12ClN2O+. The molecule has 1 heterocycles. The van der Waals surface area contributed by atoms with Crippen LogP contribution in [0.2, 0.25) is 5.02 Å². The van der Waals surface area contributed by atoms with Gasteiger partial charge in [-0.25, -0.2) is 4.84 Å². The second-order valence-corrected chi connectivity index (χ2v) is 4.41. The third-order valence-electron chi connectivity index (χ3n) is 2.81. The lowest BCUT2D eigenvalue weighted by molar-refractivity contribution is -0.913.